The van der Waals surface area contributed by atoms with Crippen molar-refractivity contribution in [2.45, 2.75) is 12.4 Å². The highest BCUT2D eigenvalue weighted by Crippen LogP contribution is 2.36. The van der Waals surface area contributed by atoms with Gasteiger partial charge in [-0.1, -0.05) is 29.8 Å². The highest BCUT2D eigenvalue weighted by atomic mass is 35.5. The molecule has 0 amide bonds. The van der Waals surface area contributed by atoms with Gasteiger partial charge in [-0.25, -0.2) is 0 Å². The lowest BCUT2D eigenvalue weighted by atomic mass is 10.1. The Morgan fingerprint density at radius 2 is 1.89 bits per heavy atom. The molecule has 2 nitrogen and oxygen atoms in total. The van der Waals surface area contributed by atoms with Crippen LogP contribution in [0.15, 0.2) is 35.7 Å². The van der Waals surface area contributed by atoms with Crippen LogP contribution >= 0.6 is 22.9 Å². The first-order chi connectivity index (χ1) is 8.88. The van der Waals surface area contributed by atoms with E-state index in [9.17, 15) is 13.2 Å². The number of halogens is 4. The van der Waals surface area contributed by atoms with Crippen LogP contribution in [0.5, 0.6) is 5.75 Å². The molecule has 0 saturated carbocycles. The summed E-state index contributed by atoms with van der Waals surface area (Å²) in [7, 11) is 0. The molecular formula is C12H9ClF3NOS. The minimum absolute atomic E-state index is 0.240. The van der Waals surface area contributed by atoms with Crippen molar-refractivity contribution in [2.75, 3.05) is 0 Å². The molecule has 102 valence electrons. The van der Waals surface area contributed by atoms with Gasteiger partial charge in [0.25, 0.3) is 0 Å². The van der Waals surface area contributed by atoms with Crippen molar-refractivity contribution in [1.29, 1.82) is 0 Å². The molecule has 0 aliphatic heterocycles. The largest absolute Gasteiger partial charge is 0.573 e. The van der Waals surface area contributed by atoms with Crippen molar-refractivity contribution in [3.63, 3.8) is 0 Å². The maximum Gasteiger partial charge on any atom is 0.573 e. The Kier molecular flexibility index (Phi) is 4.03. The Bertz CT molecular complexity index is 570. The number of nitrogens with two attached hydrogens (primary N) is 1. The number of rotatable bonds is 3. The molecular weight excluding hydrogens is 299 g/mol. The molecule has 0 aliphatic rings. The third-order valence-electron chi connectivity index (χ3n) is 2.41. The minimum Gasteiger partial charge on any atom is -0.405 e. The number of para-hydroxylation sites is 1. The Balaban J connectivity index is 2.37. The molecule has 2 aromatic rings. The van der Waals surface area contributed by atoms with Gasteiger partial charge < -0.3 is 10.5 Å². The quantitative estimate of drug-likeness (QED) is 0.915. The second-order valence-corrected chi connectivity index (χ2v) is 5.05. The van der Waals surface area contributed by atoms with Crippen molar-refractivity contribution in [3.05, 3.63) is 51.2 Å². The van der Waals surface area contributed by atoms with E-state index in [4.69, 9.17) is 17.3 Å². The second kappa shape index (κ2) is 5.40. The molecule has 2 rings (SSSR count). The number of benzene rings is 1. The third kappa shape index (κ3) is 3.40. The molecule has 2 N–H and O–H groups in total. The van der Waals surface area contributed by atoms with Gasteiger partial charge in [-0.05, 0) is 17.5 Å². The van der Waals surface area contributed by atoms with E-state index in [0.717, 1.165) is 0 Å². The molecule has 1 aromatic carbocycles. The Morgan fingerprint density at radius 1 is 1.21 bits per heavy atom. The molecule has 0 aliphatic carbocycles. The summed E-state index contributed by atoms with van der Waals surface area (Å²) < 4.78 is 40.9. The van der Waals surface area contributed by atoms with Gasteiger partial charge in [-0.2, -0.15) is 0 Å². The lowest BCUT2D eigenvalue weighted by molar-refractivity contribution is -0.274. The molecule has 1 aromatic heterocycles. The number of hydrogen-bond donors (Lipinski definition) is 1. The van der Waals surface area contributed by atoms with E-state index in [1.165, 1.54) is 29.5 Å². The molecule has 1 unspecified atom stereocenters. The van der Waals surface area contributed by atoms with Gasteiger partial charge in [0.15, 0.2) is 0 Å². The van der Waals surface area contributed by atoms with Crippen LogP contribution in [0.25, 0.3) is 0 Å². The summed E-state index contributed by atoms with van der Waals surface area (Å²) in [5.74, 6) is -0.313. The van der Waals surface area contributed by atoms with E-state index in [2.05, 4.69) is 4.74 Å². The highest BCUT2D eigenvalue weighted by Gasteiger charge is 2.33. The summed E-state index contributed by atoms with van der Waals surface area (Å²) in [6.45, 7) is 0. The summed E-state index contributed by atoms with van der Waals surface area (Å²) in [5, 5.41) is 2.16. The van der Waals surface area contributed by atoms with Gasteiger partial charge in [0, 0.05) is 10.4 Å². The molecule has 1 heterocycles. The fraction of sp³-hybridized carbons (Fsp3) is 0.167. The topological polar surface area (TPSA) is 35.2 Å². The summed E-state index contributed by atoms with van der Waals surface area (Å²) in [6, 6.07) is 6.65. The Hall–Kier alpha value is -1.24. The zero-order chi connectivity index (χ0) is 14.0. The second-order valence-electron chi connectivity index (χ2n) is 3.70. The number of hydrogen-bond acceptors (Lipinski definition) is 3. The molecule has 19 heavy (non-hydrogen) atoms. The van der Waals surface area contributed by atoms with Gasteiger partial charge in [0.05, 0.1) is 11.1 Å². The van der Waals surface area contributed by atoms with Crippen LogP contribution in [-0.4, -0.2) is 6.36 Å². The Morgan fingerprint density at radius 3 is 2.47 bits per heavy atom. The normalized spacial score (nSPS) is 13.3. The van der Waals surface area contributed by atoms with Crippen LogP contribution in [-0.2, 0) is 0 Å². The first-order valence-corrected chi connectivity index (χ1v) is 6.47. The van der Waals surface area contributed by atoms with Crippen molar-refractivity contribution in [2.24, 2.45) is 5.73 Å². The highest BCUT2D eigenvalue weighted by molar-refractivity contribution is 7.10. The van der Waals surface area contributed by atoms with Gasteiger partial charge >= 0.3 is 6.36 Å². The fourth-order valence-corrected chi connectivity index (χ4v) is 2.82. The van der Waals surface area contributed by atoms with E-state index < -0.39 is 12.4 Å². The van der Waals surface area contributed by atoms with Gasteiger partial charge in [-0.15, -0.1) is 24.5 Å². The average Bonchev–Trinajstić information content (AvgIpc) is 2.73. The predicted molar refractivity (Wildman–Crippen MR) is 68.5 cm³/mol. The number of thiophene rings is 1. The molecule has 0 spiro atoms. The number of ether oxygens (including phenoxy) is 1. The standard InChI is InChI=1S/C12H9ClF3NOS/c13-8-5-6-19-11(8)10(17)7-3-1-2-4-9(7)18-12(14,15)16/h1-6,10H,17H2. The zero-order valence-corrected chi connectivity index (χ0v) is 11.0. The molecule has 0 saturated heterocycles. The maximum atomic E-state index is 12.3. The molecule has 0 radical (unpaired) electrons. The third-order valence-corrected chi connectivity index (χ3v) is 3.85. The van der Waals surface area contributed by atoms with E-state index in [-0.39, 0.29) is 11.3 Å². The Labute approximate surface area is 116 Å². The minimum atomic E-state index is -4.75. The van der Waals surface area contributed by atoms with Crippen molar-refractivity contribution in [3.8, 4) is 5.75 Å². The summed E-state index contributed by atoms with van der Waals surface area (Å²) in [5.41, 5.74) is 6.20. The molecule has 0 bridgehead atoms. The van der Waals surface area contributed by atoms with Crippen LogP contribution in [0.2, 0.25) is 5.02 Å². The molecule has 1 atom stereocenters. The summed E-state index contributed by atoms with van der Waals surface area (Å²) >= 11 is 7.22. The lowest BCUT2D eigenvalue weighted by Gasteiger charge is -2.17. The van der Waals surface area contributed by atoms with Crippen LogP contribution < -0.4 is 10.5 Å². The molecule has 0 fully saturated rings. The van der Waals surface area contributed by atoms with Crippen LogP contribution in [0.4, 0.5) is 13.2 Å². The van der Waals surface area contributed by atoms with E-state index >= 15 is 0 Å². The monoisotopic (exact) mass is 307 g/mol. The van der Waals surface area contributed by atoms with E-state index in [0.29, 0.717) is 9.90 Å². The van der Waals surface area contributed by atoms with Gasteiger partial charge in [0.1, 0.15) is 5.75 Å². The molecule has 7 heteroatoms. The van der Waals surface area contributed by atoms with E-state index in [1.54, 1.807) is 17.5 Å². The van der Waals surface area contributed by atoms with E-state index in [1.807, 2.05) is 0 Å². The van der Waals surface area contributed by atoms with Crippen LogP contribution in [0, 0.1) is 0 Å². The van der Waals surface area contributed by atoms with Crippen molar-refractivity contribution >= 4 is 22.9 Å². The average molecular weight is 308 g/mol. The maximum absolute atomic E-state index is 12.3. The first-order valence-electron chi connectivity index (χ1n) is 5.21. The predicted octanol–water partition coefficient (Wildman–Crippen LogP) is 4.35. The fourth-order valence-electron chi connectivity index (χ4n) is 1.62. The van der Waals surface area contributed by atoms with Crippen molar-refractivity contribution in [1.82, 2.24) is 0 Å². The van der Waals surface area contributed by atoms with Gasteiger partial charge in [-0.3, -0.25) is 0 Å². The summed E-state index contributed by atoms with van der Waals surface area (Å²) in [6.07, 6.45) is -4.75. The summed E-state index contributed by atoms with van der Waals surface area (Å²) in [4.78, 5) is 0.597. The van der Waals surface area contributed by atoms with Crippen molar-refractivity contribution < 1.29 is 17.9 Å². The smallest absolute Gasteiger partial charge is 0.405 e. The SMILES string of the molecule is NC(c1ccccc1OC(F)(F)F)c1sccc1Cl. The zero-order valence-electron chi connectivity index (χ0n) is 9.45. The van der Waals surface area contributed by atoms with Crippen LogP contribution in [0.3, 0.4) is 0 Å². The van der Waals surface area contributed by atoms with Crippen LogP contribution in [0.1, 0.15) is 16.5 Å². The number of alkyl halides is 3. The van der Waals surface area contributed by atoms with Gasteiger partial charge in [0.2, 0.25) is 0 Å². The lowest BCUT2D eigenvalue weighted by Crippen LogP contribution is -2.20. The first kappa shape index (κ1) is 14.2.